The van der Waals surface area contributed by atoms with E-state index in [0.29, 0.717) is 12.2 Å². The summed E-state index contributed by atoms with van der Waals surface area (Å²) in [6, 6.07) is 12.9. The molecule has 1 aromatic carbocycles. The Hall–Kier alpha value is -2.64. The molecule has 28 heavy (non-hydrogen) atoms. The van der Waals surface area contributed by atoms with Crippen molar-refractivity contribution in [1.29, 1.82) is 0 Å². The summed E-state index contributed by atoms with van der Waals surface area (Å²) >= 11 is 0. The van der Waals surface area contributed by atoms with E-state index in [2.05, 4.69) is 15.3 Å². The van der Waals surface area contributed by atoms with Gasteiger partial charge in [0.25, 0.3) is 5.91 Å². The minimum Gasteiger partial charge on any atom is -0.347 e. The summed E-state index contributed by atoms with van der Waals surface area (Å²) in [7, 11) is -1.10. The molecule has 1 fully saturated rings. The molecule has 1 aliphatic heterocycles. The standard InChI is InChI=1S/C21H22N4O2S/c26-21(20-9-6-17-15-22-11-10-19(17)24-20)23-14-16-4-7-18(8-5-16)28(27)25-12-2-1-3-13-25/h4-11,15H,1-3,12-14H2,(H,23,26). The van der Waals surface area contributed by atoms with Crippen LogP contribution in [0.2, 0.25) is 0 Å². The third kappa shape index (κ3) is 4.26. The molecule has 0 bridgehead atoms. The van der Waals surface area contributed by atoms with Gasteiger partial charge in [0.2, 0.25) is 0 Å². The van der Waals surface area contributed by atoms with Gasteiger partial charge in [-0.15, -0.1) is 0 Å². The van der Waals surface area contributed by atoms with Crippen LogP contribution in [-0.2, 0) is 17.5 Å². The van der Waals surface area contributed by atoms with Gasteiger partial charge in [0.1, 0.15) is 16.7 Å². The molecular formula is C21H22N4O2S. The number of nitrogens with one attached hydrogen (secondary N) is 1. The number of amides is 1. The van der Waals surface area contributed by atoms with E-state index in [1.165, 1.54) is 6.42 Å². The minimum atomic E-state index is -1.10. The zero-order valence-electron chi connectivity index (χ0n) is 15.5. The highest BCUT2D eigenvalue weighted by molar-refractivity contribution is 7.82. The molecule has 3 aromatic rings. The van der Waals surface area contributed by atoms with E-state index in [-0.39, 0.29) is 5.91 Å². The number of hydrogen-bond donors (Lipinski definition) is 1. The summed E-state index contributed by atoms with van der Waals surface area (Å²) in [6.07, 6.45) is 6.81. The van der Waals surface area contributed by atoms with Gasteiger partial charge in [-0.1, -0.05) is 18.6 Å². The van der Waals surface area contributed by atoms with Crippen LogP contribution in [0.15, 0.2) is 59.8 Å². The van der Waals surface area contributed by atoms with Gasteiger partial charge in [-0.25, -0.2) is 13.5 Å². The van der Waals surface area contributed by atoms with Gasteiger partial charge in [0, 0.05) is 37.4 Å². The van der Waals surface area contributed by atoms with Crippen LogP contribution in [0.5, 0.6) is 0 Å². The van der Waals surface area contributed by atoms with E-state index >= 15 is 0 Å². The van der Waals surface area contributed by atoms with Crippen LogP contribution >= 0.6 is 0 Å². The molecule has 0 radical (unpaired) electrons. The van der Waals surface area contributed by atoms with Gasteiger partial charge >= 0.3 is 0 Å². The maximum absolute atomic E-state index is 12.6. The van der Waals surface area contributed by atoms with Gasteiger partial charge < -0.3 is 5.32 Å². The van der Waals surface area contributed by atoms with E-state index in [4.69, 9.17) is 0 Å². The van der Waals surface area contributed by atoms with Crippen LogP contribution in [0.3, 0.4) is 0 Å². The normalized spacial score (nSPS) is 16.0. The number of carbonyl (C=O) groups excluding carboxylic acids is 1. The Labute approximate surface area is 166 Å². The monoisotopic (exact) mass is 394 g/mol. The summed E-state index contributed by atoms with van der Waals surface area (Å²) in [4.78, 5) is 21.6. The fourth-order valence-corrected chi connectivity index (χ4v) is 4.53. The molecular weight excluding hydrogens is 372 g/mol. The zero-order valence-corrected chi connectivity index (χ0v) is 16.3. The van der Waals surface area contributed by atoms with Crippen molar-refractivity contribution < 1.29 is 9.00 Å². The van der Waals surface area contributed by atoms with E-state index in [0.717, 1.165) is 47.3 Å². The number of rotatable bonds is 5. The lowest BCUT2D eigenvalue weighted by atomic mass is 10.2. The molecule has 1 saturated heterocycles. The van der Waals surface area contributed by atoms with E-state index in [1.807, 2.05) is 34.6 Å². The number of pyridine rings is 2. The molecule has 0 aliphatic carbocycles. The number of aromatic nitrogens is 2. The number of hydrogen-bond acceptors (Lipinski definition) is 4. The van der Waals surface area contributed by atoms with Crippen molar-refractivity contribution in [3.8, 4) is 0 Å². The number of carbonyl (C=O) groups is 1. The van der Waals surface area contributed by atoms with Crippen LogP contribution in [0.1, 0.15) is 35.3 Å². The first-order chi connectivity index (χ1) is 13.7. The Bertz CT molecular complexity index is 1000. The van der Waals surface area contributed by atoms with E-state index < -0.39 is 11.0 Å². The average Bonchev–Trinajstić information content (AvgIpc) is 2.77. The Kier molecular flexibility index (Phi) is 5.73. The molecule has 4 rings (SSSR count). The molecule has 0 spiro atoms. The molecule has 144 valence electrons. The summed E-state index contributed by atoms with van der Waals surface area (Å²) < 4.78 is 14.7. The fourth-order valence-electron chi connectivity index (χ4n) is 3.27. The van der Waals surface area contributed by atoms with Crippen molar-refractivity contribution in [1.82, 2.24) is 19.6 Å². The quantitative estimate of drug-likeness (QED) is 0.722. The van der Waals surface area contributed by atoms with Crippen molar-refractivity contribution in [2.24, 2.45) is 0 Å². The Morgan fingerprint density at radius 1 is 1.04 bits per heavy atom. The smallest absolute Gasteiger partial charge is 0.270 e. The van der Waals surface area contributed by atoms with Crippen LogP contribution in [-0.4, -0.2) is 37.5 Å². The maximum atomic E-state index is 12.6. The predicted octanol–water partition coefficient (Wildman–Crippen LogP) is 3.07. The highest BCUT2D eigenvalue weighted by Gasteiger charge is 2.17. The SMILES string of the molecule is O=C(NCc1ccc(S(=O)N2CCCCC2)cc1)c1ccc2cnccc2n1. The first-order valence-electron chi connectivity index (χ1n) is 9.45. The summed E-state index contributed by atoms with van der Waals surface area (Å²) in [5.41, 5.74) is 2.08. The second-order valence-electron chi connectivity index (χ2n) is 6.83. The molecule has 0 saturated carbocycles. The predicted molar refractivity (Wildman–Crippen MR) is 109 cm³/mol. The lowest BCUT2D eigenvalue weighted by molar-refractivity contribution is 0.0946. The van der Waals surface area contributed by atoms with Crippen molar-refractivity contribution in [2.75, 3.05) is 13.1 Å². The Morgan fingerprint density at radius 3 is 2.61 bits per heavy atom. The molecule has 1 aliphatic rings. The molecule has 6 nitrogen and oxygen atoms in total. The summed E-state index contributed by atoms with van der Waals surface area (Å²) in [6.45, 7) is 2.17. The van der Waals surface area contributed by atoms with Crippen LogP contribution in [0.4, 0.5) is 0 Å². The largest absolute Gasteiger partial charge is 0.347 e. The molecule has 1 atom stereocenters. The van der Waals surface area contributed by atoms with Crippen molar-refractivity contribution >= 4 is 27.8 Å². The zero-order chi connectivity index (χ0) is 19.3. The molecule has 2 aromatic heterocycles. The van der Waals surface area contributed by atoms with Gasteiger partial charge in [0.15, 0.2) is 0 Å². The van der Waals surface area contributed by atoms with E-state index in [9.17, 15) is 9.00 Å². The van der Waals surface area contributed by atoms with Crippen LogP contribution in [0.25, 0.3) is 10.9 Å². The third-order valence-corrected chi connectivity index (χ3v) is 6.36. The van der Waals surface area contributed by atoms with Crippen LogP contribution in [0, 0.1) is 0 Å². The number of fused-ring (bicyclic) bond motifs is 1. The fraction of sp³-hybridized carbons (Fsp3) is 0.286. The number of piperidine rings is 1. The molecule has 3 heterocycles. The second kappa shape index (κ2) is 8.58. The third-order valence-electron chi connectivity index (χ3n) is 4.85. The highest BCUT2D eigenvalue weighted by Crippen LogP contribution is 2.17. The van der Waals surface area contributed by atoms with Gasteiger partial charge in [0.05, 0.1) is 10.4 Å². The Balaban J connectivity index is 1.37. The highest BCUT2D eigenvalue weighted by atomic mass is 32.2. The van der Waals surface area contributed by atoms with Crippen LogP contribution < -0.4 is 5.32 Å². The van der Waals surface area contributed by atoms with Gasteiger partial charge in [-0.2, -0.15) is 0 Å². The summed E-state index contributed by atoms with van der Waals surface area (Å²) in [5.74, 6) is -0.223. The van der Waals surface area contributed by atoms with E-state index in [1.54, 1.807) is 24.5 Å². The lowest BCUT2D eigenvalue weighted by Crippen LogP contribution is -2.31. The maximum Gasteiger partial charge on any atom is 0.270 e. The Morgan fingerprint density at radius 2 is 1.82 bits per heavy atom. The lowest BCUT2D eigenvalue weighted by Gasteiger charge is -2.25. The number of nitrogens with zero attached hydrogens (tertiary/aromatic N) is 3. The second-order valence-corrected chi connectivity index (χ2v) is 8.32. The topological polar surface area (TPSA) is 75.2 Å². The molecule has 7 heteroatoms. The van der Waals surface area contributed by atoms with Crippen molar-refractivity contribution in [2.45, 2.75) is 30.7 Å². The van der Waals surface area contributed by atoms with Crippen molar-refractivity contribution in [3.63, 3.8) is 0 Å². The minimum absolute atomic E-state index is 0.223. The van der Waals surface area contributed by atoms with Gasteiger partial charge in [-0.05, 0) is 48.7 Å². The van der Waals surface area contributed by atoms with Gasteiger partial charge in [-0.3, -0.25) is 9.78 Å². The van der Waals surface area contributed by atoms with Crippen molar-refractivity contribution in [3.05, 3.63) is 66.1 Å². The molecule has 1 amide bonds. The first kappa shape index (κ1) is 18.7. The first-order valence-corrected chi connectivity index (χ1v) is 10.6. The summed E-state index contributed by atoms with van der Waals surface area (Å²) in [5, 5.41) is 3.79. The molecule has 1 unspecified atom stereocenters. The molecule has 1 N–H and O–H groups in total. The number of benzene rings is 1. The average molecular weight is 394 g/mol.